The Morgan fingerprint density at radius 2 is 2.14 bits per heavy atom. The van der Waals surface area contributed by atoms with E-state index in [0.29, 0.717) is 12.1 Å². The van der Waals surface area contributed by atoms with E-state index >= 15 is 0 Å². The molecule has 6 heteroatoms. The molecule has 1 aromatic rings. The molecular formula is C15H21N3O2S. The Bertz CT molecular complexity index is 637. The van der Waals surface area contributed by atoms with Crippen molar-refractivity contribution in [2.45, 2.75) is 30.7 Å². The van der Waals surface area contributed by atoms with Crippen molar-refractivity contribution in [3.05, 3.63) is 29.8 Å². The van der Waals surface area contributed by atoms with Crippen LogP contribution in [-0.4, -0.2) is 50.3 Å². The lowest BCUT2D eigenvalue weighted by molar-refractivity contribution is 0.270. The molecular weight excluding hydrogens is 286 g/mol. The first-order valence-corrected chi connectivity index (χ1v) is 8.63. The fourth-order valence-electron chi connectivity index (χ4n) is 2.73. The van der Waals surface area contributed by atoms with E-state index in [1.165, 1.54) is 6.07 Å². The first kappa shape index (κ1) is 16.0. The van der Waals surface area contributed by atoms with Gasteiger partial charge in [-0.15, -0.1) is 0 Å². The normalized spacial score (nSPS) is 21.7. The summed E-state index contributed by atoms with van der Waals surface area (Å²) in [5, 5.41) is 8.95. The van der Waals surface area contributed by atoms with E-state index in [1.54, 1.807) is 22.5 Å². The molecule has 0 spiro atoms. The van der Waals surface area contributed by atoms with Crippen LogP contribution in [0.2, 0.25) is 0 Å². The zero-order valence-corrected chi connectivity index (χ0v) is 13.3. The molecule has 0 radical (unpaired) electrons. The first-order chi connectivity index (χ1) is 9.98. The van der Waals surface area contributed by atoms with Crippen molar-refractivity contribution in [2.75, 3.05) is 26.7 Å². The molecule has 21 heavy (non-hydrogen) atoms. The summed E-state index contributed by atoms with van der Waals surface area (Å²) >= 11 is 0. The number of benzene rings is 1. The van der Waals surface area contributed by atoms with E-state index in [-0.39, 0.29) is 10.9 Å². The maximum atomic E-state index is 12.9. The summed E-state index contributed by atoms with van der Waals surface area (Å²) in [5.41, 5.74) is 0.371. The van der Waals surface area contributed by atoms with Crippen molar-refractivity contribution >= 4 is 10.0 Å². The van der Waals surface area contributed by atoms with Crippen molar-refractivity contribution in [2.24, 2.45) is 0 Å². The number of sulfonamides is 1. The molecule has 5 nitrogen and oxygen atoms in total. The van der Waals surface area contributed by atoms with Crippen LogP contribution in [0.1, 0.15) is 25.3 Å². The summed E-state index contributed by atoms with van der Waals surface area (Å²) in [7, 11) is -1.52. The third-order valence-corrected chi connectivity index (χ3v) is 5.84. The number of nitrogens with zero attached hydrogens (tertiary/aromatic N) is 3. The van der Waals surface area contributed by atoms with Crippen LogP contribution >= 0.6 is 0 Å². The Morgan fingerprint density at radius 1 is 1.38 bits per heavy atom. The minimum Gasteiger partial charge on any atom is -0.305 e. The largest absolute Gasteiger partial charge is 0.305 e. The Morgan fingerprint density at radius 3 is 2.81 bits per heavy atom. The van der Waals surface area contributed by atoms with E-state index < -0.39 is 10.0 Å². The van der Waals surface area contributed by atoms with E-state index in [2.05, 4.69) is 4.90 Å². The summed E-state index contributed by atoms with van der Waals surface area (Å²) < 4.78 is 27.4. The Kier molecular flexibility index (Phi) is 4.99. The molecule has 1 fully saturated rings. The zero-order valence-electron chi connectivity index (χ0n) is 12.5. The van der Waals surface area contributed by atoms with Crippen LogP contribution in [0.15, 0.2) is 29.2 Å². The van der Waals surface area contributed by atoms with Crippen LogP contribution in [0, 0.1) is 11.3 Å². The van der Waals surface area contributed by atoms with Crippen molar-refractivity contribution in [1.82, 2.24) is 9.21 Å². The van der Waals surface area contributed by atoms with Crippen molar-refractivity contribution in [3.63, 3.8) is 0 Å². The molecule has 1 aliphatic heterocycles. The molecule has 0 aromatic heterocycles. The van der Waals surface area contributed by atoms with Crippen molar-refractivity contribution < 1.29 is 8.42 Å². The van der Waals surface area contributed by atoms with Gasteiger partial charge in [0.05, 0.1) is 16.5 Å². The molecule has 0 amide bonds. The number of hydrogen-bond acceptors (Lipinski definition) is 4. The zero-order chi connectivity index (χ0) is 15.5. The van der Waals surface area contributed by atoms with Gasteiger partial charge in [0.2, 0.25) is 10.0 Å². The number of nitriles is 1. The fraction of sp³-hybridized carbons (Fsp3) is 0.533. The van der Waals surface area contributed by atoms with E-state index in [0.717, 1.165) is 25.9 Å². The average molecular weight is 307 g/mol. The molecule has 0 N–H and O–H groups in total. The molecule has 2 rings (SSSR count). The minimum absolute atomic E-state index is 0.0201. The van der Waals surface area contributed by atoms with Gasteiger partial charge in [-0.1, -0.05) is 13.0 Å². The van der Waals surface area contributed by atoms with Gasteiger partial charge in [0.25, 0.3) is 0 Å². The molecule has 1 aliphatic rings. The minimum atomic E-state index is -3.55. The molecule has 0 saturated carbocycles. The highest BCUT2D eigenvalue weighted by atomic mass is 32.2. The Hall–Kier alpha value is -1.42. The SMILES string of the molecule is CCC1CN(C)CCCN1S(=O)(=O)c1cccc(C#N)c1. The third kappa shape index (κ3) is 3.43. The van der Waals surface area contributed by atoms with Crippen LogP contribution in [-0.2, 0) is 10.0 Å². The highest BCUT2D eigenvalue weighted by molar-refractivity contribution is 7.89. The predicted molar refractivity (Wildman–Crippen MR) is 81.2 cm³/mol. The van der Waals surface area contributed by atoms with Crippen LogP contribution in [0.4, 0.5) is 0 Å². The summed E-state index contributed by atoms with van der Waals surface area (Å²) in [4.78, 5) is 2.39. The van der Waals surface area contributed by atoms with Crippen LogP contribution in [0.3, 0.4) is 0 Å². The highest BCUT2D eigenvalue weighted by Crippen LogP contribution is 2.23. The number of hydrogen-bond donors (Lipinski definition) is 0. The predicted octanol–water partition coefficient (Wildman–Crippen LogP) is 1.66. The Balaban J connectivity index is 2.38. The smallest absolute Gasteiger partial charge is 0.243 e. The quantitative estimate of drug-likeness (QED) is 0.852. The second kappa shape index (κ2) is 6.56. The molecule has 1 heterocycles. The maximum absolute atomic E-state index is 12.9. The van der Waals surface area contributed by atoms with Crippen LogP contribution in [0.25, 0.3) is 0 Å². The Labute approximate surface area is 126 Å². The molecule has 1 atom stereocenters. The highest BCUT2D eigenvalue weighted by Gasteiger charge is 2.32. The topological polar surface area (TPSA) is 64.4 Å². The average Bonchev–Trinajstić information content (AvgIpc) is 2.68. The fourth-order valence-corrected chi connectivity index (χ4v) is 4.51. The standard InChI is InChI=1S/C15H21N3O2S/c1-3-14-12-17(2)8-5-9-18(14)21(19,20)15-7-4-6-13(10-15)11-16/h4,6-7,10,14H,3,5,8-9,12H2,1-2H3. The van der Waals surface area contributed by atoms with E-state index in [4.69, 9.17) is 5.26 Å². The summed E-state index contributed by atoms with van der Waals surface area (Å²) in [5.74, 6) is 0. The molecule has 114 valence electrons. The van der Waals surface area contributed by atoms with Gasteiger partial charge < -0.3 is 4.90 Å². The molecule has 1 unspecified atom stereocenters. The molecule has 1 aromatic carbocycles. The molecule has 1 saturated heterocycles. The number of rotatable bonds is 3. The molecule has 0 aliphatic carbocycles. The number of likely N-dealkylation sites (N-methyl/N-ethyl adjacent to an activating group) is 1. The lowest BCUT2D eigenvalue weighted by Gasteiger charge is -2.29. The van der Waals surface area contributed by atoms with Crippen LogP contribution in [0.5, 0.6) is 0 Å². The van der Waals surface area contributed by atoms with Crippen molar-refractivity contribution in [3.8, 4) is 6.07 Å². The van der Waals surface area contributed by atoms with Gasteiger partial charge in [-0.25, -0.2) is 8.42 Å². The summed E-state index contributed by atoms with van der Waals surface area (Å²) in [6, 6.07) is 8.24. The van der Waals surface area contributed by atoms with Gasteiger partial charge in [-0.3, -0.25) is 0 Å². The van der Waals surface area contributed by atoms with E-state index in [1.807, 2.05) is 20.0 Å². The molecule has 0 bridgehead atoms. The van der Waals surface area contributed by atoms with Crippen molar-refractivity contribution in [1.29, 1.82) is 5.26 Å². The summed E-state index contributed by atoms with van der Waals surface area (Å²) in [6.07, 6.45) is 1.60. The van der Waals surface area contributed by atoms with Gasteiger partial charge in [0.15, 0.2) is 0 Å². The van der Waals surface area contributed by atoms with Gasteiger partial charge in [0, 0.05) is 19.1 Å². The van der Waals surface area contributed by atoms with Gasteiger partial charge in [-0.2, -0.15) is 9.57 Å². The van der Waals surface area contributed by atoms with E-state index in [9.17, 15) is 8.42 Å². The van der Waals surface area contributed by atoms with Crippen LogP contribution < -0.4 is 0 Å². The second-order valence-corrected chi connectivity index (χ2v) is 7.32. The lowest BCUT2D eigenvalue weighted by Crippen LogP contribution is -2.43. The lowest BCUT2D eigenvalue weighted by atomic mass is 10.2. The van der Waals surface area contributed by atoms with Gasteiger partial charge in [-0.05, 0) is 44.6 Å². The van der Waals surface area contributed by atoms with Gasteiger partial charge >= 0.3 is 0 Å². The van der Waals surface area contributed by atoms with Gasteiger partial charge in [0.1, 0.15) is 0 Å². The maximum Gasteiger partial charge on any atom is 0.243 e. The second-order valence-electron chi connectivity index (χ2n) is 5.43. The summed E-state index contributed by atoms with van der Waals surface area (Å²) in [6.45, 7) is 4.19. The third-order valence-electron chi connectivity index (χ3n) is 3.89. The monoisotopic (exact) mass is 307 g/mol. The first-order valence-electron chi connectivity index (χ1n) is 7.19.